The number of fused-ring (bicyclic) bond motifs is 1. The number of alkyl halides is 3. The molecule has 5 heteroatoms. The van der Waals surface area contributed by atoms with Gasteiger partial charge in [0.25, 0.3) is 0 Å². The summed E-state index contributed by atoms with van der Waals surface area (Å²) in [4.78, 5) is 0. The van der Waals surface area contributed by atoms with E-state index in [4.69, 9.17) is 4.74 Å². The van der Waals surface area contributed by atoms with Gasteiger partial charge in [-0.05, 0) is 70.7 Å². The topological polar surface area (TPSA) is 9.23 Å². The molecule has 0 heterocycles. The van der Waals surface area contributed by atoms with Crippen molar-refractivity contribution in [2.75, 3.05) is 6.61 Å². The number of rotatable bonds is 7. The normalized spacial score (nSPS) is 11.7. The summed E-state index contributed by atoms with van der Waals surface area (Å²) in [6.07, 6.45) is -2.32. The number of ether oxygens (including phenoxy) is 1. The van der Waals surface area contributed by atoms with Gasteiger partial charge in [-0.2, -0.15) is 13.2 Å². The molecule has 1 nitrogen and oxygen atoms in total. The number of hydrogen-bond donors (Lipinski definition) is 0. The van der Waals surface area contributed by atoms with Gasteiger partial charge in [0, 0.05) is 5.39 Å². The van der Waals surface area contributed by atoms with Crippen molar-refractivity contribution < 1.29 is 22.3 Å². The summed E-state index contributed by atoms with van der Waals surface area (Å²) in [6, 6.07) is 24.3. The molecule has 4 aromatic rings. The molecular formula is C28H24F4O. The third-order valence-electron chi connectivity index (χ3n) is 5.74. The lowest BCUT2D eigenvalue weighted by Crippen LogP contribution is -2.19. The van der Waals surface area contributed by atoms with Gasteiger partial charge in [-0.25, -0.2) is 4.39 Å². The number of hydrogen-bond acceptors (Lipinski definition) is 1. The highest BCUT2D eigenvalue weighted by Gasteiger charge is 2.28. The zero-order chi connectivity index (χ0) is 23.4. The molecule has 0 radical (unpaired) electrons. The molecule has 0 unspecified atom stereocenters. The summed E-state index contributed by atoms with van der Waals surface area (Å²) >= 11 is 0. The standard InChI is InChI=1S/C28H24F4O/c1-2-19-3-8-21(9-4-19)23-13-16-26-24(17-23)12-11-22(27(26)29)10-5-20-6-14-25(15-7-20)33-18-28(30,31)32/h3-4,6-9,11-17H,2,5,10,18H2,1H3. The van der Waals surface area contributed by atoms with Crippen LogP contribution in [0.5, 0.6) is 5.75 Å². The van der Waals surface area contributed by atoms with Gasteiger partial charge in [0.2, 0.25) is 0 Å². The molecule has 0 aromatic heterocycles. The van der Waals surface area contributed by atoms with Gasteiger partial charge >= 0.3 is 6.18 Å². The highest BCUT2D eigenvalue weighted by atomic mass is 19.4. The molecule has 170 valence electrons. The van der Waals surface area contributed by atoms with Crippen LogP contribution in [0.3, 0.4) is 0 Å². The Hall–Kier alpha value is -3.34. The van der Waals surface area contributed by atoms with Crippen LogP contribution < -0.4 is 4.74 Å². The quantitative estimate of drug-likeness (QED) is 0.259. The second kappa shape index (κ2) is 9.65. The molecule has 4 aromatic carbocycles. The zero-order valence-corrected chi connectivity index (χ0v) is 18.3. The maximum absolute atomic E-state index is 15.2. The Morgan fingerprint density at radius 2 is 1.39 bits per heavy atom. The van der Waals surface area contributed by atoms with Crippen LogP contribution in [0.25, 0.3) is 21.9 Å². The van der Waals surface area contributed by atoms with E-state index in [1.54, 1.807) is 12.1 Å². The van der Waals surface area contributed by atoms with Gasteiger partial charge in [-0.3, -0.25) is 0 Å². The third kappa shape index (κ3) is 5.72. The summed E-state index contributed by atoms with van der Waals surface area (Å²) in [6.45, 7) is 0.800. The highest BCUT2D eigenvalue weighted by Crippen LogP contribution is 2.28. The van der Waals surface area contributed by atoms with E-state index in [0.717, 1.165) is 28.5 Å². The SMILES string of the molecule is CCc1ccc(-c2ccc3c(F)c(CCc4ccc(OCC(F)(F)F)cc4)ccc3c2)cc1. The summed E-state index contributed by atoms with van der Waals surface area (Å²) in [5, 5.41) is 1.43. The van der Waals surface area contributed by atoms with E-state index in [-0.39, 0.29) is 11.6 Å². The molecule has 0 fully saturated rings. The van der Waals surface area contributed by atoms with E-state index in [0.29, 0.717) is 23.8 Å². The Kier molecular flexibility index (Phi) is 6.68. The zero-order valence-electron chi connectivity index (χ0n) is 18.3. The number of halogens is 4. The molecule has 0 bridgehead atoms. The molecule has 0 amide bonds. The molecule has 33 heavy (non-hydrogen) atoms. The smallest absolute Gasteiger partial charge is 0.422 e. The lowest BCUT2D eigenvalue weighted by molar-refractivity contribution is -0.153. The fourth-order valence-corrected chi connectivity index (χ4v) is 3.84. The first-order valence-electron chi connectivity index (χ1n) is 10.9. The van der Waals surface area contributed by atoms with Gasteiger partial charge in [-0.15, -0.1) is 0 Å². The van der Waals surface area contributed by atoms with E-state index in [2.05, 4.69) is 31.2 Å². The van der Waals surface area contributed by atoms with Crippen LogP contribution in [-0.2, 0) is 19.3 Å². The van der Waals surface area contributed by atoms with Crippen molar-refractivity contribution in [2.24, 2.45) is 0 Å². The minimum atomic E-state index is -4.37. The Morgan fingerprint density at radius 3 is 2.06 bits per heavy atom. The minimum absolute atomic E-state index is 0.160. The molecule has 0 aliphatic heterocycles. The minimum Gasteiger partial charge on any atom is -0.484 e. The van der Waals surface area contributed by atoms with Crippen molar-refractivity contribution in [3.63, 3.8) is 0 Å². The largest absolute Gasteiger partial charge is 0.484 e. The van der Waals surface area contributed by atoms with Gasteiger partial charge in [-0.1, -0.05) is 67.6 Å². The van der Waals surface area contributed by atoms with Crippen LogP contribution in [0.15, 0.2) is 78.9 Å². The molecule has 0 atom stereocenters. The Bertz CT molecular complexity index is 1230. The lowest BCUT2D eigenvalue weighted by atomic mass is 9.96. The number of aryl methyl sites for hydroxylation is 3. The first-order chi connectivity index (χ1) is 15.8. The van der Waals surface area contributed by atoms with Crippen LogP contribution in [0, 0.1) is 5.82 Å². The van der Waals surface area contributed by atoms with Crippen molar-refractivity contribution in [1.29, 1.82) is 0 Å². The summed E-state index contributed by atoms with van der Waals surface area (Å²) in [5.41, 5.74) is 4.93. The van der Waals surface area contributed by atoms with Gasteiger partial charge in [0.05, 0.1) is 0 Å². The highest BCUT2D eigenvalue weighted by molar-refractivity contribution is 5.88. The molecular weight excluding hydrogens is 428 g/mol. The van der Waals surface area contributed by atoms with Gasteiger partial charge < -0.3 is 4.74 Å². The average molecular weight is 452 g/mol. The van der Waals surface area contributed by atoms with Crippen molar-refractivity contribution in [3.05, 3.63) is 101 Å². The second-order valence-corrected chi connectivity index (χ2v) is 8.07. The van der Waals surface area contributed by atoms with Crippen molar-refractivity contribution in [2.45, 2.75) is 32.4 Å². The molecule has 0 saturated heterocycles. The van der Waals surface area contributed by atoms with Gasteiger partial charge in [0.15, 0.2) is 6.61 Å². The summed E-state index contributed by atoms with van der Waals surface area (Å²) in [5.74, 6) is -0.0707. The van der Waals surface area contributed by atoms with Crippen LogP contribution in [0.4, 0.5) is 17.6 Å². The Morgan fingerprint density at radius 1 is 0.727 bits per heavy atom. The molecule has 0 saturated carbocycles. The van der Waals surface area contributed by atoms with E-state index >= 15 is 4.39 Å². The fourth-order valence-electron chi connectivity index (χ4n) is 3.84. The Balaban J connectivity index is 1.45. The maximum Gasteiger partial charge on any atom is 0.422 e. The van der Waals surface area contributed by atoms with Crippen LogP contribution >= 0.6 is 0 Å². The van der Waals surface area contributed by atoms with Crippen molar-refractivity contribution in [1.82, 2.24) is 0 Å². The van der Waals surface area contributed by atoms with Crippen molar-refractivity contribution >= 4 is 10.8 Å². The third-order valence-corrected chi connectivity index (χ3v) is 5.74. The van der Waals surface area contributed by atoms with E-state index in [1.165, 1.54) is 17.7 Å². The number of benzene rings is 4. The lowest BCUT2D eigenvalue weighted by Gasteiger charge is -2.11. The summed E-state index contributed by atoms with van der Waals surface area (Å²) in [7, 11) is 0. The van der Waals surface area contributed by atoms with Crippen LogP contribution in [0.1, 0.15) is 23.6 Å². The van der Waals surface area contributed by atoms with Crippen LogP contribution in [-0.4, -0.2) is 12.8 Å². The summed E-state index contributed by atoms with van der Waals surface area (Å²) < 4.78 is 56.6. The molecule has 0 aliphatic rings. The Labute approximate surface area is 190 Å². The van der Waals surface area contributed by atoms with Crippen LogP contribution in [0.2, 0.25) is 0 Å². The second-order valence-electron chi connectivity index (χ2n) is 8.07. The molecule has 0 N–H and O–H groups in total. The first-order valence-corrected chi connectivity index (χ1v) is 10.9. The van der Waals surface area contributed by atoms with E-state index in [1.807, 2.05) is 30.3 Å². The monoisotopic (exact) mass is 452 g/mol. The molecule has 4 rings (SSSR count). The maximum atomic E-state index is 15.2. The van der Waals surface area contributed by atoms with Gasteiger partial charge in [0.1, 0.15) is 11.6 Å². The predicted molar refractivity (Wildman–Crippen MR) is 124 cm³/mol. The molecule has 0 aliphatic carbocycles. The van der Waals surface area contributed by atoms with E-state index < -0.39 is 12.8 Å². The van der Waals surface area contributed by atoms with E-state index in [9.17, 15) is 13.2 Å². The first kappa shape index (κ1) is 22.8. The van der Waals surface area contributed by atoms with Crippen molar-refractivity contribution in [3.8, 4) is 16.9 Å². The fraction of sp³-hybridized carbons (Fsp3) is 0.214. The average Bonchev–Trinajstić information content (AvgIpc) is 2.82. The molecule has 0 spiro atoms. The predicted octanol–water partition coefficient (Wildman–Crippen LogP) is 7.93.